The number of imidazole rings is 1. The lowest BCUT2D eigenvalue weighted by molar-refractivity contribution is -0.137. The Labute approximate surface area is 223 Å². The number of benzene rings is 1. The van der Waals surface area contributed by atoms with Crippen LogP contribution in [0.3, 0.4) is 0 Å². The van der Waals surface area contributed by atoms with Gasteiger partial charge in [-0.3, -0.25) is 9.69 Å². The summed E-state index contributed by atoms with van der Waals surface area (Å²) in [5, 5.41) is 9.66. The zero-order valence-corrected chi connectivity index (χ0v) is 21.3. The number of halogens is 3. The Kier molecular flexibility index (Phi) is 7.27. The average Bonchev–Trinajstić information content (AvgIpc) is 3.22. The van der Waals surface area contributed by atoms with Gasteiger partial charge in [0.1, 0.15) is 17.6 Å². The standard InChI is InChI=1S/C28H25F3N6O2/c1-19-33-14-23-16-35-10-11-36(27(38)18-35)17-24-21(4-2-3-9-28(29,30)31)7-8-26(34-24)39-25-12-20(15-37(19)23)5-6-22(25)13-32/h5-8,12,14H,3,9-11,15-18H2,1H3. The number of amides is 1. The number of nitriles is 1. The summed E-state index contributed by atoms with van der Waals surface area (Å²) in [4.78, 5) is 25.9. The van der Waals surface area contributed by atoms with Gasteiger partial charge < -0.3 is 14.2 Å². The fraction of sp³-hybridized carbons (Fsp3) is 0.357. The number of pyridine rings is 1. The molecule has 1 amide bonds. The molecule has 0 spiro atoms. The minimum atomic E-state index is -4.29. The quantitative estimate of drug-likeness (QED) is 0.436. The highest BCUT2D eigenvalue weighted by atomic mass is 19.4. The maximum absolute atomic E-state index is 13.1. The molecule has 200 valence electrons. The van der Waals surface area contributed by atoms with Crippen molar-refractivity contribution in [2.45, 2.75) is 45.6 Å². The SMILES string of the molecule is Cc1ncc2n1Cc1ccc(C#N)c(c1)Oc1ccc(C#CCCC(F)(F)F)c(n1)CN1CCN(CC1=O)C2. The van der Waals surface area contributed by atoms with Crippen molar-refractivity contribution in [2.75, 3.05) is 19.6 Å². The third-order valence-electron chi connectivity index (χ3n) is 6.69. The molecule has 0 saturated carbocycles. The van der Waals surface area contributed by atoms with Crippen molar-refractivity contribution in [1.82, 2.24) is 24.3 Å². The van der Waals surface area contributed by atoms with Gasteiger partial charge in [-0.2, -0.15) is 18.4 Å². The highest BCUT2D eigenvalue weighted by Crippen LogP contribution is 2.28. The van der Waals surface area contributed by atoms with Crippen LogP contribution >= 0.6 is 0 Å². The maximum Gasteiger partial charge on any atom is 0.390 e. The molecule has 1 unspecified atom stereocenters. The van der Waals surface area contributed by atoms with E-state index in [-0.39, 0.29) is 31.3 Å². The summed E-state index contributed by atoms with van der Waals surface area (Å²) >= 11 is 0. The molecule has 11 heteroatoms. The average molecular weight is 535 g/mol. The Morgan fingerprint density at radius 1 is 1.08 bits per heavy atom. The van der Waals surface area contributed by atoms with E-state index in [2.05, 4.69) is 37.3 Å². The number of aromatic nitrogens is 3. The van der Waals surface area contributed by atoms with Crippen molar-refractivity contribution in [3.63, 3.8) is 0 Å². The molecule has 0 radical (unpaired) electrons. The second kappa shape index (κ2) is 10.8. The molecule has 39 heavy (non-hydrogen) atoms. The van der Waals surface area contributed by atoms with E-state index in [0.717, 1.165) is 17.1 Å². The van der Waals surface area contributed by atoms with E-state index in [9.17, 15) is 23.2 Å². The van der Waals surface area contributed by atoms with Crippen molar-refractivity contribution < 1.29 is 22.7 Å². The number of hydrogen-bond acceptors (Lipinski definition) is 6. The van der Waals surface area contributed by atoms with Crippen molar-refractivity contribution in [1.29, 1.82) is 5.26 Å². The maximum atomic E-state index is 13.1. The largest absolute Gasteiger partial charge is 0.438 e. The number of piperazine rings is 1. The molecule has 1 fully saturated rings. The van der Waals surface area contributed by atoms with Crippen LogP contribution in [0.1, 0.15) is 46.7 Å². The Hall–Kier alpha value is -4.35. The van der Waals surface area contributed by atoms with Crippen LogP contribution in [0.5, 0.6) is 11.6 Å². The number of fused-ring (bicyclic) bond motifs is 2. The van der Waals surface area contributed by atoms with Crippen molar-refractivity contribution in [3.05, 3.63) is 70.4 Å². The normalized spacial score (nSPS) is 17.1. The molecule has 5 heterocycles. The van der Waals surface area contributed by atoms with E-state index in [1.165, 1.54) is 0 Å². The zero-order chi connectivity index (χ0) is 27.6. The number of nitrogens with zero attached hydrogens (tertiary/aromatic N) is 6. The number of rotatable bonds is 1. The van der Waals surface area contributed by atoms with Gasteiger partial charge in [0, 0.05) is 50.4 Å². The molecule has 2 aromatic heterocycles. The van der Waals surface area contributed by atoms with Gasteiger partial charge in [-0.1, -0.05) is 17.9 Å². The molecule has 8 nitrogen and oxygen atoms in total. The predicted octanol–water partition coefficient (Wildman–Crippen LogP) is 4.15. The Morgan fingerprint density at radius 2 is 1.90 bits per heavy atom. The van der Waals surface area contributed by atoms with Crippen LogP contribution in [0.2, 0.25) is 0 Å². The molecule has 6 rings (SSSR count). The van der Waals surface area contributed by atoms with Crippen LogP contribution in [-0.2, 0) is 24.4 Å². The zero-order valence-electron chi connectivity index (χ0n) is 21.3. The van der Waals surface area contributed by atoms with Crippen LogP contribution in [-0.4, -0.2) is 56.1 Å². The molecule has 0 aliphatic carbocycles. The molecule has 6 bridgehead atoms. The monoisotopic (exact) mass is 534 g/mol. The van der Waals surface area contributed by atoms with E-state index >= 15 is 0 Å². The van der Waals surface area contributed by atoms with E-state index in [4.69, 9.17) is 4.74 Å². The number of alkyl halides is 3. The van der Waals surface area contributed by atoms with Crippen molar-refractivity contribution in [2.24, 2.45) is 0 Å². The molecule has 1 saturated heterocycles. The number of hydrogen-bond donors (Lipinski definition) is 0. The molecule has 3 aliphatic rings. The van der Waals surface area contributed by atoms with E-state index in [0.29, 0.717) is 48.7 Å². The Balaban J connectivity index is 1.54. The summed E-state index contributed by atoms with van der Waals surface area (Å²) in [5.41, 5.74) is 3.03. The first-order chi connectivity index (χ1) is 18.7. The first-order valence-corrected chi connectivity index (χ1v) is 12.5. The highest BCUT2D eigenvalue weighted by Gasteiger charge is 2.27. The van der Waals surface area contributed by atoms with Crippen molar-refractivity contribution >= 4 is 5.91 Å². The van der Waals surface area contributed by atoms with Gasteiger partial charge >= 0.3 is 6.18 Å². The van der Waals surface area contributed by atoms with Gasteiger partial charge in [0.15, 0.2) is 0 Å². The fourth-order valence-corrected chi connectivity index (χ4v) is 4.60. The minimum Gasteiger partial charge on any atom is -0.438 e. The van der Waals surface area contributed by atoms with Gasteiger partial charge in [0.05, 0.1) is 36.5 Å². The number of aryl methyl sites for hydroxylation is 1. The lowest BCUT2D eigenvalue weighted by Crippen LogP contribution is -2.49. The van der Waals surface area contributed by atoms with E-state index in [1.54, 1.807) is 29.2 Å². The first-order valence-electron chi connectivity index (χ1n) is 12.5. The Morgan fingerprint density at radius 3 is 2.67 bits per heavy atom. The van der Waals surface area contributed by atoms with Crippen LogP contribution in [0.4, 0.5) is 13.2 Å². The molecule has 1 atom stereocenters. The highest BCUT2D eigenvalue weighted by molar-refractivity contribution is 5.79. The van der Waals surface area contributed by atoms with E-state index < -0.39 is 12.6 Å². The second-order valence-electron chi connectivity index (χ2n) is 9.51. The van der Waals surface area contributed by atoms with Crippen LogP contribution in [0.25, 0.3) is 0 Å². The third kappa shape index (κ3) is 6.21. The first kappa shape index (κ1) is 26.3. The van der Waals surface area contributed by atoms with Crippen LogP contribution in [0, 0.1) is 30.1 Å². The van der Waals surface area contributed by atoms with Gasteiger partial charge in [-0.05, 0) is 30.7 Å². The molecule has 0 N–H and O–H groups in total. The van der Waals surface area contributed by atoms with Crippen LogP contribution in [0.15, 0.2) is 36.5 Å². The molecule has 3 aromatic rings. The lowest BCUT2D eigenvalue weighted by Gasteiger charge is -2.34. The summed E-state index contributed by atoms with van der Waals surface area (Å²) in [6.45, 7) is 4.41. The van der Waals surface area contributed by atoms with Gasteiger partial charge in [-0.15, -0.1) is 0 Å². The van der Waals surface area contributed by atoms with Gasteiger partial charge in [0.25, 0.3) is 0 Å². The summed E-state index contributed by atoms with van der Waals surface area (Å²) in [7, 11) is 0. The molecule has 3 aliphatic heterocycles. The predicted molar refractivity (Wildman–Crippen MR) is 134 cm³/mol. The van der Waals surface area contributed by atoms with Gasteiger partial charge in [0.2, 0.25) is 11.8 Å². The number of carbonyl (C=O) groups excluding carboxylic acids is 1. The lowest BCUT2D eigenvalue weighted by atomic mass is 10.1. The number of ether oxygens (including phenoxy) is 1. The summed E-state index contributed by atoms with van der Waals surface area (Å²) in [6, 6.07) is 10.7. The summed E-state index contributed by atoms with van der Waals surface area (Å²) in [5.74, 6) is 6.62. The fourth-order valence-electron chi connectivity index (χ4n) is 4.60. The molecular weight excluding hydrogens is 509 g/mol. The molecule has 1 aromatic carbocycles. The Bertz CT molecular complexity index is 1510. The molecular formula is C28H25F3N6O2. The summed E-state index contributed by atoms with van der Waals surface area (Å²) in [6.07, 6.45) is -3.82. The second-order valence-corrected chi connectivity index (χ2v) is 9.51. The van der Waals surface area contributed by atoms with Gasteiger partial charge in [-0.25, -0.2) is 9.97 Å². The topological polar surface area (TPSA) is 87.3 Å². The number of carbonyl (C=O) groups is 1. The third-order valence-corrected chi connectivity index (χ3v) is 6.69. The summed E-state index contributed by atoms with van der Waals surface area (Å²) < 4.78 is 45.8. The minimum absolute atomic E-state index is 0.0859. The smallest absolute Gasteiger partial charge is 0.390 e. The van der Waals surface area contributed by atoms with Crippen LogP contribution < -0.4 is 4.74 Å². The van der Waals surface area contributed by atoms with Crippen molar-refractivity contribution in [3.8, 4) is 29.5 Å². The van der Waals surface area contributed by atoms with E-state index in [1.807, 2.05) is 19.2 Å².